The third-order valence-corrected chi connectivity index (χ3v) is 4.65. The first kappa shape index (κ1) is 22.6. The van der Waals surface area contributed by atoms with Gasteiger partial charge in [-0.05, 0) is 39.3 Å². The van der Waals surface area contributed by atoms with Gasteiger partial charge in [0, 0.05) is 36.9 Å². The Morgan fingerprint density at radius 1 is 1.12 bits per heavy atom. The molecular formula is C18H29IN6S. The lowest BCUT2D eigenvalue weighted by atomic mass is 10.3. The lowest BCUT2D eigenvalue weighted by Gasteiger charge is -2.19. The number of aromatic nitrogens is 2. The molecule has 26 heavy (non-hydrogen) atoms. The Bertz CT molecular complexity index is 667. The zero-order valence-corrected chi connectivity index (χ0v) is 19.1. The summed E-state index contributed by atoms with van der Waals surface area (Å²) < 4.78 is 0. The Balaban J connectivity index is 0.00000338. The van der Waals surface area contributed by atoms with Crippen LogP contribution in [0.2, 0.25) is 0 Å². The molecular weight excluding hydrogens is 459 g/mol. The SMILES string of the molecule is CCNC(=NCc1ccc(N(CC)CC)nc1)NCc1ncc(C)s1.I. The van der Waals surface area contributed by atoms with Crippen molar-refractivity contribution in [2.45, 2.75) is 40.8 Å². The second-order valence-electron chi connectivity index (χ2n) is 5.61. The number of rotatable bonds is 8. The molecule has 2 aromatic heterocycles. The molecule has 0 fully saturated rings. The Hall–Kier alpha value is -1.42. The van der Waals surface area contributed by atoms with Crippen LogP contribution in [0.15, 0.2) is 29.5 Å². The van der Waals surface area contributed by atoms with Crippen molar-refractivity contribution in [1.29, 1.82) is 0 Å². The molecule has 0 radical (unpaired) electrons. The fourth-order valence-electron chi connectivity index (χ4n) is 2.40. The Morgan fingerprint density at radius 2 is 1.88 bits per heavy atom. The van der Waals surface area contributed by atoms with Crippen LogP contribution in [0.3, 0.4) is 0 Å². The molecule has 0 aromatic carbocycles. The van der Waals surface area contributed by atoms with Gasteiger partial charge in [0.25, 0.3) is 0 Å². The highest BCUT2D eigenvalue weighted by Crippen LogP contribution is 2.12. The van der Waals surface area contributed by atoms with Gasteiger partial charge >= 0.3 is 0 Å². The third-order valence-electron chi connectivity index (χ3n) is 3.74. The molecule has 0 saturated heterocycles. The van der Waals surface area contributed by atoms with Crippen molar-refractivity contribution in [3.8, 4) is 0 Å². The number of nitrogens with zero attached hydrogens (tertiary/aromatic N) is 4. The standard InChI is InChI=1S/C18H28N6S.HI/c1-5-19-18(23-13-17-21-10-14(4)25-17)22-12-15-8-9-16(20-11-15)24(6-2)7-3;/h8-11H,5-7,12-13H2,1-4H3,(H2,19,22,23);1H. The summed E-state index contributed by atoms with van der Waals surface area (Å²) in [6.07, 6.45) is 3.81. The highest BCUT2D eigenvalue weighted by atomic mass is 127. The number of pyridine rings is 1. The van der Waals surface area contributed by atoms with Crippen molar-refractivity contribution in [3.05, 3.63) is 40.0 Å². The van der Waals surface area contributed by atoms with E-state index >= 15 is 0 Å². The molecule has 0 amide bonds. The van der Waals surface area contributed by atoms with Crippen LogP contribution in [0.4, 0.5) is 5.82 Å². The third kappa shape index (κ3) is 7.06. The van der Waals surface area contributed by atoms with Gasteiger partial charge in [-0.1, -0.05) is 6.07 Å². The first-order valence-electron chi connectivity index (χ1n) is 8.79. The van der Waals surface area contributed by atoms with E-state index in [9.17, 15) is 0 Å². The van der Waals surface area contributed by atoms with Crippen LogP contribution in [0.25, 0.3) is 0 Å². The number of hydrogen-bond acceptors (Lipinski definition) is 5. The number of thiazole rings is 1. The topological polar surface area (TPSA) is 65.4 Å². The van der Waals surface area contributed by atoms with Crippen molar-refractivity contribution in [2.75, 3.05) is 24.5 Å². The van der Waals surface area contributed by atoms with E-state index in [0.717, 1.165) is 42.0 Å². The Labute approximate surface area is 177 Å². The number of nitrogens with one attached hydrogen (secondary N) is 2. The number of aryl methyl sites for hydroxylation is 1. The molecule has 0 spiro atoms. The van der Waals surface area contributed by atoms with Crippen LogP contribution < -0.4 is 15.5 Å². The minimum Gasteiger partial charge on any atom is -0.357 e. The molecule has 2 heterocycles. The molecule has 2 aromatic rings. The van der Waals surface area contributed by atoms with Crippen molar-refractivity contribution in [3.63, 3.8) is 0 Å². The fraction of sp³-hybridized carbons (Fsp3) is 0.500. The van der Waals surface area contributed by atoms with Crippen molar-refractivity contribution in [2.24, 2.45) is 4.99 Å². The fourth-order valence-corrected chi connectivity index (χ4v) is 3.13. The van der Waals surface area contributed by atoms with E-state index in [1.54, 1.807) is 11.3 Å². The van der Waals surface area contributed by atoms with Gasteiger partial charge in [0.1, 0.15) is 10.8 Å². The minimum absolute atomic E-state index is 0. The summed E-state index contributed by atoms with van der Waals surface area (Å²) in [7, 11) is 0. The first-order valence-corrected chi connectivity index (χ1v) is 9.61. The summed E-state index contributed by atoms with van der Waals surface area (Å²) >= 11 is 1.70. The monoisotopic (exact) mass is 488 g/mol. The van der Waals surface area contributed by atoms with E-state index in [-0.39, 0.29) is 24.0 Å². The molecule has 0 aliphatic heterocycles. The summed E-state index contributed by atoms with van der Waals surface area (Å²) in [5.74, 6) is 1.81. The lowest BCUT2D eigenvalue weighted by Crippen LogP contribution is -2.36. The van der Waals surface area contributed by atoms with Crippen LogP contribution in [0.1, 0.15) is 36.2 Å². The second kappa shape index (κ2) is 12.1. The predicted octanol–water partition coefficient (Wildman–Crippen LogP) is 3.57. The van der Waals surface area contributed by atoms with Crippen molar-refractivity contribution >= 4 is 47.1 Å². The predicted molar refractivity (Wildman–Crippen MR) is 122 cm³/mol. The summed E-state index contributed by atoms with van der Waals surface area (Å²) in [6.45, 7) is 12.4. The molecule has 0 saturated carbocycles. The number of halogens is 1. The average molecular weight is 488 g/mol. The normalized spacial score (nSPS) is 11.0. The molecule has 2 N–H and O–H groups in total. The van der Waals surface area contributed by atoms with Gasteiger partial charge in [-0.25, -0.2) is 15.0 Å². The smallest absolute Gasteiger partial charge is 0.191 e. The summed E-state index contributed by atoms with van der Waals surface area (Å²) in [6, 6.07) is 4.16. The lowest BCUT2D eigenvalue weighted by molar-refractivity contribution is 0.810. The van der Waals surface area contributed by atoms with Gasteiger partial charge in [0.15, 0.2) is 5.96 Å². The molecule has 0 unspecified atom stereocenters. The van der Waals surface area contributed by atoms with E-state index in [0.29, 0.717) is 13.1 Å². The Kier molecular flexibility index (Phi) is 10.5. The Morgan fingerprint density at radius 3 is 2.42 bits per heavy atom. The van der Waals surface area contributed by atoms with E-state index in [4.69, 9.17) is 0 Å². The molecule has 6 nitrogen and oxygen atoms in total. The molecule has 0 aliphatic carbocycles. The van der Waals surface area contributed by atoms with Gasteiger partial charge in [0.2, 0.25) is 0 Å². The van der Waals surface area contributed by atoms with Crippen LogP contribution >= 0.6 is 35.3 Å². The van der Waals surface area contributed by atoms with Crippen LogP contribution in [-0.4, -0.2) is 35.6 Å². The highest BCUT2D eigenvalue weighted by molar-refractivity contribution is 14.0. The van der Waals surface area contributed by atoms with E-state index in [1.807, 2.05) is 12.4 Å². The zero-order chi connectivity index (χ0) is 18.1. The summed E-state index contributed by atoms with van der Waals surface area (Å²) in [5, 5.41) is 7.65. The zero-order valence-electron chi connectivity index (χ0n) is 16.0. The van der Waals surface area contributed by atoms with E-state index in [1.165, 1.54) is 4.88 Å². The molecule has 8 heteroatoms. The second-order valence-corrected chi connectivity index (χ2v) is 6.93. The number of anilines is 1. The van der Waals surface area contributed by atoms with Crippen molar-refractivity contribution in [1.82, 2.24) is 20.6 Å². The van der Waals surface area contributed by atoms with Gasteiger partial charge < -0.3 is 15.5 Å². The number of guanidine groups is 1. The summed E-state index contributed by atoms with van der Waals surface area (Å²) in [4.78, 5) is 17.0. The maximum absolute atomic E-state index is 4.64. The van der Waals surface area contributed by atoms with Gasteiger partial charge in [0.05, 0.1) is 13.1 Å². The molecule has 2 rings (SSSR count). The minimum atomic E-state index is 0. The molecule has 0 bridgehead atoms. The average Bonchev–Trinajstić information content (AvgIpc) is 3.05. The molecule has 0 atom stereocenters. The maximum Gasteiger partial charge on any atom is 0.191 e. The van der Waals surface area contributed by atoms with Crippen molar-refractivity contribution < 1.29 is 0 Å². The number of aliphatic imine (C=N–C) groups is 1. The van der Waals surface area contributed by atoms with E-state index < -0.39 is 0 Å². The molecule has 0 aliphatic rings. The summed E-state index contributed by atoms with van der Waals surface area (Å²) in [5.41, 5.74) is 1.10. The quantitative estimate of drug-likeness (QED) is 0.338. The maximum atomic E-state index is 4.64. The molecule has 144 valence electrons. The van der Waals surface area contributed by atoms with Gasteiger partial charge in [-0.2, -0.15) is 0 Å². The highest BCUT2D eigenvalue weighted by Gasteiger charge is 2.04. The largest absolute Gasteiger partial charge is 0.357 e. The first-order chi connectivity index (χ1) is 12.2. The van der Waals surface area contributed by atoms with Gasteiger partial charge in [-0.3, -0.25) is 0 Å². The van der Waals surface area contributed by atoms with E-state index in [2.05, 4.69) is 70.3 Å². The number of hydrogen-bond donors (Lipinski definition) is 2. The van der Waals surface area contributed by atoms with Gasteiger partial charge in [-0.15, -0.1) is 35.3 Å². The van der Waals surface area contributed by atoms with Crippen LogP contribution in [0.5, 0.6) is 0 Å². The van der Waals surface area contributed by atoms with Crippen LogP contribution in [0, 0.1) is 6.92 Å². The van der Waals surface area contributed by atoms with Crippen LogP contribution in [-0.2, 0) is 13.1 Å².